The van der Waals surface area contributed by atoms with Gasteiger partial charge < -0.3 is 10.2 Å². The Bertz CT molecular complexity index is 250. The molecule has 3 atom stereocenters. The van der Waals surface area contributed by atoms with E-state index in [4.69, 9.17) is 0 Å². The van der Waals surface area contributed by atoms with E-state index in [1.54, 1.807) is 0 Å². The zero-order chi connectivity index (χ0) is 13.7. The van der Waals surface area contributed by atoms with Gasteiger partial charge in [-0.25, -0.2) is 0 Å². The lowest BCUT2D eigenvalue weighted by Gasteiger charge is -2.41. The molecular formula is C16H33N3. The van der Waals surface area contributed by atoms with Crippen LogP contribution in [0.2, 0.25) is 0 Å². The average molecular weight is 267 g/mol. The van der Waals surface area contributed by atoms with Gasteiger partial charge >= 0.3 is 0 Å². The first-order valence-corrected chi connectivity index (χ1v) is 8.38. The molecule has 2 rings (SSSR count). The monoisotopic (exact) mass is 267 g/mol. The summed E-state index contributed by atoms with van der Waals surface area (Å²) >= 11 is 0. The van der Waals surface area contributed by atoms with Gasteiger partial charge in [0.25, 0.3) is 0 Å². The van der Waals surface area contributed by atoms with Crippen LogP contribution in [0.3, 0.4) is 0 Å². The Balaban J connectivity index is 1.87. The average Bonchev–Trinajstić information content (AvgIpc) is 2.91. The van der Waals surface area contributed by atoms with Crippen molar-refractivity contribution in [3.8, 4) is 0 Å². The molecule has 3 heteroatoms. The van der Waals surface area contributed by atoms with Crippen LogP contribution in [0.5, 0.6) is 0 Å². The molecule has 112 valence electrons. The molecule has 0 bridgehead atoms. The third-order valence-electron chi connectivity index (χ3n) is 5.11. The van der Waals surface area contributed by atoms with Crippen molar-refractivity contribution in [3.05, 3.63) is 0 Å². The molecule has 1 N–H and O–H groups in total. The number of unbranched alkanes of at least 4 members (excludes halogenated alkanes) is 1. The Hall–Kier alpha value is -0.120. The van der Waals surface area contributed by atoms with Crippen LogP contribution in [0, 0.1) is 0 Å². The highest BCUT2D eigenvalue weighted by Gasteiger charge is 2.29. The smallest absolute Gasteiger partial charge is 0.0195 e. The van der Waals surface area contributed by atoms with Crippen LogP contribution < -0.4 is 5.32 Å². The van der Waals surface area contributed by atoms with Crippen LogP contribution in [0.4, 0.5) is 0 Å². The molecule has 0 aromatic carbocycles. The van der Waals surface area contributed by atoms with Crippen molar-refractivity contribution in [2.75, 3.05) is 33.2 Å². The molecular weight excluding hydrogens is 234 g/mol. The SMILES string of the molecule is CCCCN(CC1CCCN1)C1CCN(C)C(C)C1. The minimum absolute atomic E-state index is 0.749. The van der Waals surface area contributed by atoms with Crippen LogP contribution in [-0.4, -0.2) is 61.2 Å². The first-order chi connectivity index (χ1) is 9.20. The number of likely N-dealkylation sites (tertiary alicyclic amines) is 1. The molecule has 2 fully saturated rings. The summed E-state index contributed by atoms with van der Waals surface area (Å²) in [5.74, 6) is 0. The Morgan fingerprint density at radius 3 is 2.79 bits per heavy atom. The molecule has 0 spiro atoms. The maximum Gasteiger partial charge on any atom is 0.0195 e. The fourth-order valence-corrected chi connectivity index (χ4v) is 3.58. The van der Waals surface area contributed by atoms with Crippen LogP contribution >= 0.6 is 0 Å². The highest BCUT2D eigenvalue weighted by Crippen LogP contribution is 2.22. The third-order valence-corrected chi connectivity index (χ3v) is 5.11. The number of nitrogens with zero attached hydrogens (tertiary/aromatic N) is 2. The van der Waals surface area contributed by atoms with Crippen LogP contribution in [0.25, 0.3) is 0 Å². The maximum absolute atomic E-state index is 3.67. The molecule has 0 amide bonds. The van der Waals surface area contributed by atoms with Gasteiger partial charge in [-0.2, -0.15) is 0 Å². The Kier molecular flexibility index (Phi) is 6.11. The van der Waals surface area contributed by atoms with Crippen molar-refractivity contribution >= 4 is 0 Å². The fourth-order valence-electron chi connectivity index (χ4n) is 3.58. The summed E-state index contributed by atoms with van der Waals surface area (Å²) in [5.41, 5.74) is 0. The summed E-state index contributed by atoms with van der Waals surface area (Å²) in [4.78, 5) is 5.32. The first kappa shape index (κ1) is 15.3. The lowest BCUT2D eigenvalue weighted by Crippen LogP contribution is -2.50. The van der Waals surface area contributed by atoms with Crippen LogP contribution in [0.15, 0.2) is 0 Å². The second-order valence-electron chi connectivity index (χ2n) is 6.65. The number of nitrogens with one attached hydrogen (secondary N) is 1. The largest absolute Gasteiger partial charge is 0.313 e. The van der Waals surface area contributed by atoms with Gasteiger partial charge in [0.05, 0.1) is 0 Å². The lowest BCUT2D eigenvalue weighted by molar-refractivity contribution is 0.0810. The highest BCUT2D eigenvalue weighted by molar-refractivity contribution is 4.86. The molecule has 0 aromatic rings. The molecule has 2 saturated heterocycles. The topological polar surface area (TPSA) is 18.5 Å². The summed E-state index contributed by atoms with van der Waals surface area (Å²) in [6.45, 7) is 9.78. The molecule has 0 aromatic heterocycles. The third kappa shape index (κ3) is 4.44. The Morgan fingerprint density at radius 1 is 1.32 bits per heavy atom. The van der Waals surface area contributed by atoms with Gasteiger partial charge in [0.1, 0.15) is 0 Å². The van der Waals surface area contributed by atoms with Crippen LogP contribution in [-0.2, 0) is 0 Å². The van der Waals surface area contributed by atoms with E-state index in [9.17, 15) is 0 Å². The standard InChI is InChI=1S/C16H33N3/c1-4-5-10-19(13-15-7-6-9-17-15)16-8-11-18(3)14(2)12-16/h14-17H,4-13H2,1-3H3. The molecule has 3 unspecified atom stereocenters. The molecule has 2 heterocycles. The van der Waals surface area contributed by atoms with Crippen molar-refractivity contribution in [1.82, 2.24) is 15.1 Å². The lowest BCUT2D eigenvalue weighted by atomic mass is 9.96. The zero-order valence-electron chi connectivity index (χ0n) is 13.2. The van der Waals surface area contributed by atoms with Crippen molar-refractivity contribution in [1.29, 1.82) is 0 Å². The van der Waals surface area contributed by atoms with Gasteiger partial charge in [-0.05, 0) is 65.7 Å². The summed E-state index contributed by atoms with van der Waals surface area (Å²) in [5, 5.41) is 3.67. The van der Waals surface area contributed by atoms with Gasteiger partial charge in [-0.1, -0.05) is 13.3 Å². The molecule has 19 heavy (non-hydrogen) atoms. The second-order valence-corrected chi connectivity index (χ2v) is 6.65. The van der Waals surface area contributed by atoms with Gasteiger partial charge in [0.2, 0.25) is 0 Å². The van der Waals surface area contributed by atoms with E-state index < -0.39 is 0 Å². The van der Waals surface area contributed by atoms with E-state index in [0.717, 1.165) is 18.1 Å². The van der Waals surface area contributed by atoms with Crippen molar-refractivity contribution in [3.63, 3.8) is 0 Å². The molecule has 3 nitrogen and oxygen atoms in total. The number of rotatable bonds is 6. The minimum atomic E-state index is 0.749. The summed E-state index contributed by atoms with van der Waals surface area (Å²) in [7, 11) is 2.27. The molecule has 0 aliphatic carbocycles. The summed E-state index contributed by atoms with van der Waals surface area (Å²) in [6.07, 6.45) is 8.13. The minimum Gasteiger partial charge on any atom is -0.313 e. The quantitative estimate of drug-likeness (QED) is 0.797. The predicted octanol–water partition coefficient (Wildman–Crippen LogP) is 2.32. The molecule has 0 saturated carbocycles. The van der Waals surface area contributed by atoms with Gasteiger partial charge in [0.15, 0.2) is 0 Å². The van der Waals surface area contributed by atoms with Crippen molar-refractivity contribution in [2.45, 2.75) is 70.5 Å². The number of hydrogen-bond acceptors (Lipinski definition) is 3. The Morgan fingerprint density at radius 2 is 2.16 bits per heavy atom. The summed E-state index contributed by atoms with van der Waals surface area (Å²) in [6, 6.07) is 2.33. The van der Waals surface area contributed by atoms with E-state index in [1.165, 1.54) is 64.7 Å². The Labute approximate surface area is 119 Å². The van der Waals surface area contributed by atoms with Gasteiger partial charge in [-0.15, -0.1) is 0 Å². The van der Waals surface area contributed by atoms with Gasteiger partial charge in [0, 0.05) is 24.7 Å². The van der Waals surface area contributed by atoms with E-state index >= 15 is 0 Å². The van der Waals surface area contributed by atoms with E-state index in [0.29, 0.717) is 0 Å². The molecule has 0 radical (unpaired) electrons. The number of piperidine rings is 1. The normalized spacial score (nSPS) is 33.2. The summed E-state index contributed by atoms with van der Waals surface area (Å²) < 4.78 is 0. The van der Waals surface area contributed by atoms with Crippen LogP contribution in [0.1, 0.15) is 52.4 Å². The van der Waals surface area contributed by atoms with Gasteiger partial charge in [-0.3, -0.25) is 4.90 Å². The van der Waals surface area contributed by atoms with E-state index in [2.05, 4.69) is 36.0 Å². The maximum atomic E-state index is 3.67. The second kappa shape index (κ2) is 7.61. The highest BCUT2D eigenvalue weighted by atomic mass is 15.2. The molecule has 2 aliphatic heterocycles. The zero-order valence-corrected chi connectivity index (χ0v) is 13.2. The fraction of sp³-hybridized carbons (Fsp3) is 1.00. The molecule has 2 aliphatic rings. The van der Waals surface area contributed by atoms with Crippen molar-refractivity contribution < 1.29 is 0 Å². The van der Waals surface area contributed by atoms with Crippen molar-refractivity contribution in [2.24, 2.45) is 0 Å². The van der Waals surface area contributed by atoms with E-state index in [-0.39, 0.29) is 0 Å². The predicted molar refractivity (Wildman–Crippen MR) is 82.6 cm³/mol. The first-order valence-electron chi connectivity index (χ1n) is 8.38. The van der Waals surface area contributed by atoms with E-state index in [1.807, 2.05) is 0 Å². The number of hydrogen-bond donors (Lipinski definition) is 1.